The average Bonchev–Trinajstić information content (AvgIpc) is 2.92. The summed E-state index contributed by atoms with van der Waals surface area (Å²) in [5.74, 6) is -1.19. The zero-order chi connectivity index (χ0) is 13.5. The van der Waals surface area contributed by atoms with Crippen LogP contribution < -0.4 is 10.5 Å². The Morgan fingerprint density at radius 1 is 1.50 bits per heavy atom. The molecule has 0 heterocycles. The molecule has 2 unspecified atom stereocenters. The zero-order valence-corrected chi connectivity index (χ0v) is 9.85. The summed E-state index contributed by atoms with van der Waals surface area (Å²) >= 11 is 0. The molecule has 0 aromatic heterocycles. The maximum atomic E-state index is 13.3. The van der Waals surface area contributed by atoms with Gasteiger partial charge in [0.2, 0.25) is 15.8 Å². The first-order valence-corrected chi connectivity index (χ1v) is 6.51. The Hall–Kier alpha value is -1.58. The van der Waals surface area contributed by atoms with Crippen LogP contribution in [-0.2, 0) is 10.0 Å². The number of nitro groups is 1. The van der Waals surface area contributed by atoms with Crippen molar-refractivity contribution in [1.29, 1.82) is 0 Å². The summed E-state index contributed by atoms with van der Waals surface area (Å²) in [6.07, 6.45) is 0.523. The van der Waals surface area contributed by atoms with E-state index in [0.29, 0.717) is 12.5 Å². The fourth-order valence-electron chi connectivity index (χ4n) is 1.42. The topological polar surface area (TPSA) is 115 Å². The number of nitrogens with one attached hydrogen (secondary N) is 1. The van der Waals surface area contributed by atoms with E-state index in [4.69, 9.17) is 5.73 Å². The quantitative estimate of drug-likeness (QED) is 0.597. The van der Waals surface area contributed by atoms with E-state index in [-0.39, 0.29) is 17.0 Å². The van der Waals surface area contributed by atoms with Gasteiger partial charge in [0.05, 0.1) is 9.82 Å². The minimum absolute atomic E-state index is 0.234. The van der Waals surface area contributed by atoms with E-state index in [1.807, 2.05) is 0 Å². The summed E-state index contributed by atoms with van der Waals surface area (Å²) in [4.78, 5) is 9.12. The smallest absolute Gasteiger partial charge is 0.304 e. The predicted octanol–water partition coefficient (Wildman–Crippen LogP) is 0.112. The Morgan fingerprint density at radius 2 is 2.11 bits per heavy atom. The number of nitro benzene ring substituents is 1. The fraction of sp³-hybridized carbons (Fsp3) is 0.333. The van der Waals surface area contributed by atoms with Gasteiger partial charge in [-0.2, -0.15) is 4.39 Å². The molecule has 1 aliphatic carbocycles. The minimum Gasteiger partial charge on any atom is -0.326 e. The molecule has 98 valence electrons. The first-order valence-electron chi connectivity index (χ1n) is 5.03. The summed E-state index contributed by atoms with van der Waals surface area (Å²) in [5, 5.41) is 10.4. The van der Waals surface area contributed by atoms with E-state index in [9.17, 15) is 22.9 Å². The van der Waals surface area contributed by atoms with Gasteiger partial charge in [0.25, 0.3) is 0 Å². The molecule has 0 aliphatic heterocycles. The predicted molar refractivity (Wildman–Crippen MR) is 59.8 cm³/mol. The molecule has 1 aromatic rings. The fourth-order valence-corrected chi connectivity index (χ4v) is 2.73. The summed E-state index contributed by atoms with van der Waals surface area (Å²) in [7, 11) is -3.89. The first-order chi connectivity index (χ1) is 8.31. The van der Waals surface area contributed by atoms with Crippen LogP contribution in [0.5, 0.6) is 0 Å². The van der Waals surface area contributed by atoms with Crippen molar-refractivity contribution in [2.75, 3.05) is 0 Å². The molecule has 3 N–H and O–H groups in total. The molecule has 2 atom stereocenters. The van der Waals surface area contributed by atoms with Gasteiger partial charge in [-0.15, -0.1) is 0 Å². The van der Waals surface area contributed by atoms with Crippen molar-refractivity contribution < 1.29 is 17.7 Å². The van der Waals surface area contributed by atoms with Crippen LogP contribution in [0.2, 0.25) is 0 Å². The standard InChI is InChI=1S/C9H10FN3O4S/c10-6-3-5(1-2-9(6)13(14)15)18(16,17)12-8-4-7(8)11/h1-3,7-8,12H,4,11H2. The Morgan fingerprint density at radius 3 is 2.56 bits per heavy atom. The molecule has 18 heavy (non-hydrogen) atoms. The molecule has 9 heteroatoms. The van der Waals surface area contributed by atoms with Crippen molar-refractivity contribution >= 4 is 15.7 Å². The molecule has 7 nitrogen and oxygen atoms in total. The summed E-state index contributed by atoms with van der Waals surface area (Å²) < 4.78 is 39.1. The number of benzene rings is 1. The van der Waals surface area contributed by atoms with Gasteiger partial charge < -0.3 is 5.73 Å². The lowest BCUT2D eigenvalue weighted by molar-refractivity contribution is -0.387. The van der Waals surface area contributed by atoms with Gasteiger partial charge in [-0.25, -0.2) is 13.1 Å². The molecule has 0 amide bonds. The first kappa shape index (κ1) is 12.9. The van der Waals surface area contributed by atoms with Gasteiger partial charge in [0, 0.05) is 24.2 Å². The lowest BCUT2D eigenvalue weighted by Crippen LogP contribution is -2.29. The molecular weight excluding hydrogens is 265 g/mol. The summed E-state index contributed by atoms with van der Waals surface area (Å²) in [5.41, 5.74) is 4.69. The van der Waals surface area contributed by atoms with Crippen LogP contribution in [0.4, 0.5) is 10.1 Å². The number of rotatable bonds is 4. The number of hydrogen-bond acceptors (Lipinski definition) is 5. The van der Waals surface area contributed by atoms with E-state index in [0.717, 1.165) is 12.1 Å². The van der Waals surface area contributed by atoms with E-state index in [1.165, 1.54) is 0 Å². The molecule has 0 saturated heterocycles. The van der Waals surface area contributed by atoms with E-state index < -0.39 is 26.5 Å². The molecule has 0 bridgehead atoms. The largest absolute Gasteiger partial charge is 0.326 e. The highest BCUT2D eigenvalue weighted by Gasteiger charge is 2.37. The molecule has 1 aromatic carbocycles. The van der Waals surface area contributed by atoms with Gasteiger partial charge in [-0.1, -0.05) is 0 Å². The second-order valence-corrected chi connectivity index (χ2v) is 5.71. The number of nitrogens with zero attached hydrogens (tertiary/aromatic N) is 1. The third-order valence-electron chi connectivity index (χ3n) is 2.57. The average molecular weight is 275 g/mol. The third-order valence-corrected chi connectivity index (χ3v) is 4.06. The Bertz CT molecular complexity index is 604. The van der Waals surface area contributed by atoms with Gasteiger partial charge in [-0.3, -0.25) is 10.1 Å². The Kier molecular flexibility index (Phi) is 3.05. The minimum atomic E-state index is -3.89. The third kappa shape index (κ3) is 2.47. The van der Waals surface area contributed by atoms with Gasteiger partial charge in [-0.05, 0) is 12.5 Å². The van der Waals surface area contributed by atoms with Crippen LogP contribution in [0.1, 0.15) is 6.42 Å². The number of hydrogen-bond donors (Lipinski definition) is 2. The monoisotopic (exact) mass is 275 g/mol. The number of halogens is 1. The molecule has 2 rings (SSSR count). The number of nitrogens with two attached hydrogens (primary N) is 1. The highest BCUT2D eigenvalue weighted by Crippen LogP contribution is 2.24. The van der Waals surface area contributed by atoms with E-state index >= 15 is 0 Å². The molecule has 1 fully saturated rings. The van der Waals surface area contributed by atoms with Crippen molar-refractivity contribution in [2.24, 2.45) is 5.73 Å². The Balaban J connectivity index is 2.28. The molecule has 1 aliphatic rings. The van der Waals surface area contributed by atoms with Crippen molar-refractivity contribution in [3.8, 4) is 0 Å². The van der Waals surface area contributed by atoms with Crippen LogP contribution in [-0.4, -0.2) is 25.4 Å². The normalized spacial score (nSPS) is 22.8. The molecule has 0 radical (unpaired) electrons. The summed E-state index contributed by atoms with van der Waals surface area (Å²) in [6, 6.07) is 1.83. The van der Waals surface area contributed by atoms with Gasteiger partial charge in [0.1, 0.15) is 0 Å². The zero-order valence-electron chi connectivity index (χ0n) is 9.04. The molecule has 0 spiro atoms. The maximum Gasteiger partial charge on any atom is 0.304 e. The maximum absolute atomic E-state index is 13.3. The highest BCUT2D eigenvalue weighted by molar-refractivity contribution is 7.89. The number of sulfonamides is 1. The lowest BCUT2D eigenvalue weighted by atomic mass is 10.3. The van der Waals surface area contributed by atoms with Gasteiger partial charge in [0.15, 0.2) is 0 Å². The second-order valence-electron chi connectivity index (χ2n) is 4.00. The SMILES string of the molecule is NC1CC1NS(=O)(=O)c1ccc([N+](=O)[O-])c(F)c1. The second kappa shape index (κ2) is 4.26. The van der Waals surface area contributed by atoms with Gasteiger partial charge >= 0.3 is 5.69 Å². The molecular formula is C9H10FN3O4S. The lowest BCUT2D eigenvalue weighted by Gasteiger charge is -2.05. The highest BCUT2D eigenvalue weighted by atomic mass is 32.2. The van der Waals surface area contributed by atoms with Crippen molar-refractivity contribution in [3.05, 3.63) is 34.1 Å². The van der Waals surface area contributed by atoms with Crippen molar-refractivity contribution in [2.45, 2.75) is 23.4 Å². The summed E-state index contributed by atoms with van der Waals surface area (Å²) in [6.45, 7) is 0. The van der Waals surface area contributed by atoms with Crippen LogP contribution in [0, 0.1) is 15.9 Å². The molecule has 1 saturated carbocycles. The van der Waals surface area contributed by atoms with E-state index in [1.54, 1.807) is 0 Å². The van der Waals surface area contributed by atoms with Crippen molar-refractivity contribution in [1.82, 2.24) is 4.72 Å². The van der Waals surface area contributed by atoms with Crippen LogP contribution >= 0.6 is 0 Å². The van der Waals surface area contributed by atoms with Crippen LogP contribution in [0.15, 0.2) is 23.1 Å². The van der Waals surface area contributed by atoms with Crippen molar-refractivity contribution in [3.63, 3.8) is 0 Å². The van der Waals surface area contributed by atoms with Crippen LogP contribution in [0.25, 0.3) is 0 Å². The Labute approximate surface area is 102 Å². The van der Waals surface area contributed by atoms with E-state index in [2.05, 4.69) is 4.72 Å². The van der Waals surface area contributed by atoms with Crippen LogP contribution in [0.3, 0.4) is 0 Å².